The molecule has 6 nitrogen and oxygen atoms in total. The Bertz CT molecular complexity index is 1110. The Labute approximate surface area is 162 Å². The summed E-state index contributed by atoms with van der Waals surface area (Å²) in [5, 5.41) is 6.84. The van der Waals surface area contributed by atoms with Crippen LogP contribution >= 0.6 is 0 Å². The Balaban J connectivity index is 1.98. The van der Waals surface area contributed by atoms with Crippen LogP contribution in [0.5, 0.6) is 0 Å². The van der Waals surface area contributed by atoms with Gasteiger partial charge in [0.2, 0.25) is 5.43 Å². The molecule has 28 heavy (non-hydrogen) atoms. The molecule has 0 saturated heterocycles. The molecule has 0 aliphatic rings. The van der Waals surface area contributed by atoms with Crippen LogP contribution in [0.2, 0.25) is 0 Å². The highest BCUT2D eigenvalue weighted by atomic mass is 19.1. The van der Waals surface area contributed by atoms with Gasteiger partial charge in [-0.15, -0.1) is 0 Å². The van der Waals surface area contributed by atoms with Crippen molar-refractivity contribution >= 4 is 17.3 Å². The number of hydrogen-bond donors (Lipinski definition) is 1. The molecule has 0 aliphatic heterocycles. The number of carbonyl (C=O) groups is 1. The number of amides is 1. The van der Waals surface area contributed by atoms with Crippen LogP contribution in [0, 0.1) is 19.7 Å². The fraction of sp³-hybridized carbons (Fsp3) is 0.190. The van der Waals surface area contributed by atoms with Crippen molar-refractivity contribution < 1.29 is 9.18 Å². The van der Waals surface area contributed by atoms with E-state index in [1.807, 2.05) is 38.1 Å². The lowest BCUT2D eigenvalue weighted by molar-refractivity contribution is 0.101. The number of nitrogens with one attached hydrogen (secondary N) is 1. The highest BCUT2D eigenvalue weighted by Gasteiger charge is 2.17. The Morgan fingerprint density at radius 1 is 1.11 bits per heavy atom. The molecule has 1 heterocycles. The second-order valence-electron chi connectivity index (χ2n) is 6.71. The highest BCUT2D eigenvalue weighted by molar-refractivity contribution is 6.03. The van der Waals surface area contributed by atoms with Gasteiger partial charge in [-0.25, -0.2) is 9.07 Å². The highest BCUT2D eigenvalue weighted by Crippen LogP contribution is 2.21. The SMILES string of the molecule is Cc1cc(N(C)C)ccc1NC(=O)c1nn(-c2ccccc2F)c(C)cc1=O. The first-order valence-corrected chi connectivity index (χ1v) is 8.73. The maximum atomic E-state index is 14.1. The second-order valence-corrected chi connectivity index (χ2v) is 6.71. The number of para-hydroxylation sites is 1. The normalized spacial score (nSPS) is 10.6. The minimum absolute atomic E-state index is 0.167. The number of rotatable bonds is 4. The van der Waals surface area contributed by atoms with Crippen LogP contribution in [-0.4, -0.2) is 29.8 Å². The zero-order valence-electron chi connectivity index (χ0n) is 16.2. The van der Waals surface area contributed by atoms with Crippen molar-refractivity contribution in [2.75, 3.05) is 24.3 Å². The number of aromatic nitrogens is 2. The van der Waals surface area contributed by atoms with E-state index in [1.54, 1.807) is 25.1 Å². The topological polar surface area (TPSA) is 67.2 Å². The number of hydrogen-bond acceptors (Lipinski definition) is 4. The van der Waals surface area contributed by atoms with Crippen LogP contribution in [0.1, 0.15) is 21.7 Å². The Morgan fingerprint density at radius 2 is 1.82 bits per heavy atom. The monoisotopic (exact) mass is 380 g/mol. The van der Waals surface area contributed by atoms with Gasteiger partial charge in [0.1, 0.15) is 11.5 Å². The summed E-state index contributed by atoms with van der Waals surface area (Å²) in [6.07, 6.45) is 0. The number of carbonyl (C=O) groups excluding carboxylic acids is 1. The van der Waals surface area contributed by atoms with Gasteiger partial charge in [0.05, 0.1) is 0 Å². The Hall–Kier alpha value is -3.48. The van der Waals surface area contributed by atoms with Crippen LogP contribution in [0.4, 0.5) is 15.8 Å². The predicted molar refractivity (Wildman–Crippen MR) is 108 cm³/mol. The van der Waals surface area contributed by atoms with Crippen LogP contribution in [0.15, 0.2) is 53.3 Å². The van der Waals surface area contributed by atoms with Crippen molar-refractivity contribution in [1.82, 2.24) is 9.78 Å². The van der Waals surface area contributed by atoms with Crippen molar-refractivity contribution in [1.29, 1.82) is 0 Å². The molecule has 0 unspecified atom stereocenters. The Morgan fingerprint density at radius 3 is 2.46 bits per heavy atom. The summed E-state index contributed by atoms with van der Waals surface area (Å²) < 4.78 is 15.4. The van der Waals surface area contributed by atoms with Crippen molar-refractivity contribution in [3.63, 3.8) is 0 Å². The van der Waals surface area contributed by atoms with Gasteiger partial charge < -0.3 is 10.2 Å². The molecular formula is C21H21FN4O2. The summed E-state index contributed by atoms with van der Waals surface area (Å²) in [5.74, 6) is -1.14. The fourth-order valence-corrected chi connectivity index (χ4v) is 2.82. The number of benzene rings is 2. The number of nitrogens with zero attached hydrogens (tertiary/aromatic N) is 3. The van der Waals surface area contributed by atoms with E-state index in [-0.39, 0.29) is 11.4 Å². The van der Waals surface area contributed by atoms with Crippen molar-refractivity contribution in [3.05, 3.63) is 81.5 Å². The van der Waals surface area contributed by atoms with E-state index < -0.39 is 17.2 Å². The molecule has 1 N–H and O–H groups in total. The lowest BCUT2D eigenvalue weighted by atomic mass is 10.1. The van der Waals surface area contributed by atoms with Gasteiger partial charge in [-0.2, -0.15) is 5.10 Å². The lowest BCUT2D eigenvalue weighted by Crippen LogP contribution is -2.27. The number of anilines is 2. The largest absolute Gasteiger partial charge is 0.378 e. The van der Waals surface area contributed by atoms with E-state index in [4.69, 9.17) is 0 Å². The molecule has 0 aliphatic carbocycles. The van der Waals surface area contributed by atoms with Crippen molar-refractivity contribution in [3.8, 4) is 5.69 Å². The summed E-state index contributed by atoms with van der Waals surface area (Å²) in [5.41, 5.74) is 2.19. The van der Waals surface area contributed by atoms with Crippen LogP contribution in [0.25, 0.3) is 5.69 Å². The van der Waals surface area contributed by atoms with Crippen LogP contribution < -0.4 is 15.6 Å². The zero-order valence-corrected chi connectivity index (χ0v) is 16.2. The first-order chi connectivity index (χ1) is 13.3. The van der Waals surface area contributed by atoms with Gasteiger partial charge in [-0.1, -0.05) is 12.1 Å². The molecule has 7 heteroatoms. The van der Waals surface area contributed by atoms with E-state index in [2.05, 4.69) is 10.4 Å². The third-order valence-electron chi connectivity index (χ3n) is 4.38. The molecule has 0 radical (unpaired) electrons. The third kappa shape index (κ3) is 3.78. The number of halogens is 1. The average Bonchev–Trinajstić information content (AvgIpc) is 2.64. The van der Waals surface area contributed by atoms with E-state index in [0.29, 0.717) is 11.4 Å². The molecule has 0 fully saturated rings. The maximum Gasteiger partial charge on any atom is 0.280 e. The molecule has 0 bridgehead atoms. The van der Waals surface area contributed by atoms with Crippen LogP contribution in [-0.2, 0) is 0 Å². The first kappa shape index (κ1) is 19.3. The summed E-state index contributed by atoms with van der Waals surface area (Å²) >= 11 is 0. The van der Waals surface area contributed by atoms with Gasteiger partial charge in [-0.3, -0.25) is 9.59 Å². The summed E-state index contributed by atoms with van der Waals surface area (Å²) in [4.78, 5) is 27.0. The molecular weight excluding hydrogens is 359 g/mol. The maximum absolute atomic E-state index is 14.1. The van der Waals surface area contributed by atoms with Gasteiger partial charge in [0, 0.05) is 37.2 Å². The van der Waals surface area contributed by atoms with Crippen molar-refractivity contribution in [2.45, 2.75) is 13.8 Å². The molecule has 1 aromatic heterocycles. The summed E-state index contributed by atoms with van der Waals surface area (Å²) in [6.45, 7) is 3.50. The molecule has 2 aromatic carbocycles. The Kier molecular flexibility index (Phi) is 5.26. The first-order valence-electron chi connectivity index (χ1n) is 8.73. The van der Waals surface area contributed by atoms with Gasteiger partial charge in [-0.05, 0) is 49.7 Å². The smallest absolute Gasteiger partial charge is 0.280 e. The quantitative estimate of drug-likeness (QED) is 0.754. The van der Waals surface area contributed by atoms with Crippen molar-refractivity contribution in [2.24, 2.45) is 0 Å². The average molecular weight is 380 g/mol. The van der Waals surface area contributed by atoms with E-state index >= 15 is 0 Å². The molecule has 0 atom stereocenters. The fourth-order valence-electron chi connectivity index (χ4n) is 2.82. The molecule has 3 aromatic rings. The van der Waals surface area contributed by atoms with E-state index in [1.165, 1.54) is 22.9 Å². The van der Waals surface area contributed by atoms with Gasteiger partial charge in [0.15, 0.2) is 5.69 Å². The lowest BCUT2D eigenvalue weighted by Gasteiger charge is -2.16. The summed E-state index contributed by atoms with van der Waals surface area (Å²) in [7, 11) is 3.85. The second kappa shape index (κ2) is 7.64. The molecule has 0 spiro atoms. The molecule has 3 rings (SSSR count). The minimum atomic E-state index is -0.643. The van der Waals surface area contributed by atoms with Gasteiger partial charge >= 0.3 is 0 Å². The number of aryl methyl sites for hydroxylation is 2. The predicted octanol–water partition coefficient (Wildman–Crippen LogP) is 3.31. The van der Waals surface area contributed by atoms with E-state index in [0.717, 1.165) is 11.3 Å². The molecule has 1 amide bonds. The summed E-state index contributed by atoms with van der Waals surface area (Å²) in [6, 6.07) is 12.9. The molecule has 144 valence electrons. The van der Waals surface area contributed by atoms with Gasteiger partial charge in [0.25, 0.3) is 5.91 Å². The minimum Gasteiger partial charge on any atom is -0.378 e. The third-order valence-corrected chi connectivity index (χ3v) is 4.38. The van der Waals surface area contributed by atoms with E-state index in [9.17, 15) is 14.0 Å². The standard InChI is InChI=1S/C21H21FN4O2/c1-13-11-15(25(3)4)9-10-17(13)23-21(28)20-19(27)12-14(2)26(24-20)18-8-6-5-7-16(18)22/h5-12H,1-4H3,(H,23,28). The molecule has 0 saturated carbocycles. The zero-order chi connectivity index (χ0) is 20.4. The van der Waals surface area contributed by atoms with Crippen LogP contribution in [0.3, 0.4) is 0 Å².